The Morgan fingerprint density at radius 1 is 1.00 bits per heavy atom. The van der Waals surface area contributed by atoms with Crippen LogP contribution in [0.25, 0.3) is 0 Å². The van der Waals surface area contributed by atoms with Crippen LogP contribution in [0.5, 0.6) is 0 Å². The molecule has 1 N–H and O–H groups in total. The van der Waals surface area contributed by atoms with Gasteiger partial charge in [-0.2, -0.15) is 5.10 Å². The first-order chi connectivity index (χ1) is 13.1. The Morgan fingerprint density at radius 2 is 1.67 bits per heavy atom. The highest BCUT2D eigenvalue weighted by Crippen LogP contribution is 2.29. The molecule has 132 valence electrons. The Morgan fingerprint density at radius 3 is 2.37 bits per heavy atom. The van der Waals surface area contributed by atoms with Crippen LogP contribution in [0.4, 0.5) is 0 Å². The van der Waals surface area contributed by atoms with E-state index in [2.05, 4.69) is 15.5 Å². The molecule has 2 heterocycles. The van der Waals surface area contributed by atoms with Crippen LogP contribution in [0.2, 0.25) is 0 Å². The van der Waals surface area contributed by atoms with Gasteiger partial charge in [0.2, 0.25) is 5.78 Å². The summed E-state index contributed by atoms with van der Waals surface area (Å²) < 4.78 is 5.58. The van der Waals surface area contributed by atoms with Gasteiger partial charge in [-0.05, 0) is 25.1 Å². The van der Waals surface area contributed by atoms with Gasteiger partial charge >= 0.3 is 0 Å². The van der Waals surface area contributed by atoms with Crippen molar-refractivity contribution in [3.05, 3.63) is 88.6 Å². The lowest BCUT2D eigenvalue weighted by Gasteiger charge is -2.11. The van der Waals surface area contributed by atoms with Crippen LogP contribution in [0.1, 0.15) is 55.1 Å². The molecule has 7 heteroatoms. The van der Waals surface area contributed by atoms with E-state index in [0.29, 0.717) is 22.4 Å². The number of hydrazone groups is 1. The molecular formula is C20H13N3O4. The second-order valence-corrected chi connectivity index (χ2v) is 5.93. The average molecular weight is 359 g/mol. The predicted molar refractivity (Wildman–Crippen MR) is 95.9 cm³/mol. The average Bonchev–Trinajstić information content (AvgIpc) is 3.17. The van der Waals surface area contributed by atoms with Crippen LogP contribution in [-0.2, 0) is 0 Å². The first-order valence-corrected chi connectivity index (χ1v) is 8.13. The van der Waals surface area contributed by atoms with E-state index < -0.39 is 5.91 Å². The van der Waals surface area contributed by atoms with E-state index >= 15 is 0 Å². The number of nitrogens with zero attached hydrogens (tertiary/aromatic N) is 2. The Labute approximate surface area is 153 Å². The van der Waals surface area contributed by atoms with Crippen molar-refractivity contribution in [2.45, 2.75) is 6.92 Å². The second-order valence-electron chi connectivity index (χ2n) is 5.93. The number of benzene rings is 1. The number of nitrogens with one attached hydrogen (secondary N) is 1. The number of carbonyl (C=O) groups is 3. The molecule has 3 aromatic rings. The maximum absolute atomic E-state index is 12.6. The third-order valence-electron chi connectivity index (χ3n) is 4.22. The fourth-order valence-electron chi connectivity index (χ4n) is 2.81. The van der Waals surface area contributed by atoms with Crippen molar-refractivity contribution in [3.63, 3.8) is 0 Å². The maximum atomic E-state index is 12.6. The summed E-state index contributed by atoms with van der Waals surface area (Å²) >= 11 is 0. The number of furan rings is 1. The number of pyridine rings is 1. The van der Waals surface area contributed by atoms with Gasteiger partial charge in [0.15, 0.2) is 17.3 Å². The number of aromatic nitrogens is 1. The number of hydrogen-bond acceptors (Lipinski definition) is 6. The minimum Gasteiger partial charge on any atom is -0.450 e. The first kappa shape index (κ1) is 16.6. The van der Waals surface area contributed by atoms with Gasteiger partial charge in [-0.15, -0.1) is 0 Å². The molecule has 0 atom stereocenters. The van der Waals surface area contributed by atoms with Gasteiger partial charge < -0.3 is 4.42 Å². The van der Waals surface area contributed by atoms with Gasteiger partial charge in [0.1, 0.15) is 5.71 Å². The van der Waals surface area contributed by atoms with Crippen molar-refractivity contribution in [3.8, 4) is 0 Å². The fraction of sp³-hybridized carbons (Fsp3) is 0.0500. The number of carbonyl (C=O) groups excluding carboxylic acids is 3. The molecule has 0 aliphatic heterocycles. The van der Waals surface area contributed by atoms with Crippen LogP contribution in [0, 0.1) is 0 Å². The lowest BCUT2D eigenvalue weighted by Crippen LogP contribution is -2.19. The zero-order valence-electron chi connectivity index (χ0n) is 14.2. The highest BCUT2D eigenvalue weighted by molar-refractivity contribution is 6.27. The summed E-state index contributed by atoms with van der Waals surface area (Å²) in [6, 6.07) is 11.2. The minimum atomic E-state index is -0.410. The van der Waals surface area contributed by atoms with Crippen molar-refractivity contribution in [2.24, 2.45) is 5.10 Å². The summed E-state index contributed by atoms with van der Waals surface area (Å²) in [7, 11) is 0. The number of fused-ring (bicyclic) bond motifs is 2. The molecule has 1 aliphatic carbocycles. The van der Waals surface area contributed by atoms with Gasteiger partial charge in [0, 0.05) is 29.1 Å². The summed E-state index contributed by atoms with van der Waals surface area (Å²) in [5, 5.41) is 3.99. The zero-order chi connectivity index (χ0) is 19.0. The molecule has 2 aromatic heterocycles. The monoisotopic (exact) mass is 359 g/mol. The number of hydrogen-bond donors (Lipinski definition) is 1. The lowest BCUT2D eigenvalue weighted by molar-refractivity contribution is 0.0953. The van der Waals surface area contributed by atoms with Gasteiger partial charge in [-0.3, -0.25) is 19.4 Å². The van der Waals surface area contributed by atoms with Crippen molar-refractivity contribution >= 4 is 23.2 Å². The SMILES string of the molecule is C/C(=N/NC(=O)c1ccncc1)c1cc2c(o1)C(=O)c1ccccc1C2=O. The Balaban J connectivity index is 1.62. The number of ketones is 2. The molecule has 0 fully saturated rings. The van der Waals surface area contributed by atoms with Gasteiger partial charge in [-0.1, -0.05) is 24.3 Å². The van der Waals surface area contributed by atoms with Crippen molar-refractivity contribution in [2.75, 3.05) is 0 Å². The molecule has 0 saturated carbocycles. The van der Waals surface area contributed by atoms with Crippen LogP contribution in [-0.4, -0.2) is 28.2 Å². The molecule has 1 aliphatic rings. The third-order valence-corrected chi connectivity index (χ3v) is 4.22. The quantitative estimate of drug-likeness (QED) is 0.447. The fourth-order valence-corrected chi connectivity index (χ4v) is 2.81. The van der Waals surface area contributed by atoms with E-state index in [1.165, 1.54) is 18.5 Å². The summed E-state index contributed by atoms with van der Waals surface area (Å²) in [6.07, 6.45) is 3.00. The molecule has 0 spiro atoms. The Hall–Kier alpha value is -3.87. The van der Waals surface area contributed by atoms with Crippen LogP contribution >= 0.6 is 0 Å². The standard InChI is InChI=1S/C20H13N3O4/c1-11(22-23-20(26)12-6-8-21-9-7-12)16-10-15-17(24)13-4-2-3-5-14(13)18(25)19(15)27-16/h2-10H,1H3,(H,23,26)/b22-11-. The Kier molecular flexibility index (Phi) is 3.97. The normalized spacial score (nSPS) is 13.1. The van der Waals surface area contributed by atoms with Gasteiger partial charge in [0.05, 0.1) is 5.56 Å². The molecule has 0 bridgehead atoms. The largest absolute Gasteiger partial charge is 0.450 e. The van der Waals surface area contributed by atoms with Gasteiger partial charge in [0.25, 0.3) is 5.91 Å². The minimum absolute atomic E-state index is 0.0105. The van der Waals surface area contributed by atoms with E-state index in [1.54, 1.807) is 43.3 Å². The molecule has 1 amide bonds. The first-order valence-electron chi connectivity index (χ1n) is 8.13. The van der Waals surface area contributed by atoms with Crippen LogP contribution in [0.15, 0.2) is 64.4 Å². The summed E-state index contributed by atoms with van der Waals surface area (Å²) in [5.74, 6) is -0.801. The van der Waals surface area contributed by atoms with Gasteiger partial charge in [-0.25, -0.2) is 5.43 Å². The highest BCUT2D eigenvalue weighted by atomic mass is 16.4. The molecule has 0 unspecified atom stereocenters. The molecule has 7 nitrogen and oxygen atoms in total. The molecular weight excluding hydrogens is 346 g/mol. The van der Waals surface area contributed by atoms with Crippen LogP contribution < -0.4 is 5.43 Å². The topological polar surface area (TPSA) is 102 Å². The second kappa shape index (κ2) is 6.45. The van der Waals surface area contributed by atoms with E-state index in [9.17, 15) is 14.4 Å². The smallest absolute Gasteiger partial charge is 0.271 e. The van der Waals surface area contributed by atoms with E-state index in [1.807, 2.05) is 0 Å². The van der Waals surface area contributed by atoms with E-state index in [-0.39, 0.29) is 28.7 Å². The molecule has 4 rings (SSSR count). The highest BCUT2D eigenvalue weighted by Gasteiger charge is 2.33. The molecule has 27 heavy (non-hydrogen) atoms. The molecule has 1 aromatic carbocycles. The number of amides is 1. The van der Waals surface area contributed by atoms with Crippen molar-refractivity contribution in [1.29, 1.82) is 0 Å². The third kappa shape index (κ3) is 2.85. The predicted octanol–water partition coefficient (Wildman–Crippen LogP) is 2.60. The summed E-state index contributed by atoms with van der Waals surface area (Å²) in [4.78, 5) is 41.1. The summed E-state index contributed by atoms with van der Waals surface area (Å²) in [6.45, 7) is 1.61. The molecule has 0 radical (unpaired) electrons. The summed E-state index contributed by atoms with van der Waals surface area (Å²) in [5.41, 5.74) is 4.01. The van der Waals surface area contributed by atoms with Crippen LogP contribution in [0.3, 0.4) is 0 Å². The van der Waals surface area contributed by atoms with E-state index in [4.69, 9.17) is 4.42 Å². The number of rotatable bonds is 3. The zero-order valence-corrected chi connectivity index (χ0v) is 14.2. The van der Waals surface area contributed by atoms with Crippen molar-refractivity contribution < 1.29 is 18.8 Å². The van der Waals surface area contributed by atoms with Crippen molar-refractivity contribution in [1.82, 2.24) is 10.4 Å². The van der Waals surface area contributed by atoms with E-state index in [0.717, 1.165) is 0 Å². The Bertz CT molecular complexity index is 1060. The maximum Gasteiger partial charge on any atom is 0.271 e. The molecule has 0 saturated heterocycles. The lowest BCUT2D eigenvalue weighted by atomic mass is 9.88.